The molecule has 0 atom stereocenters. The standard InChI is InChI=1S/C18H18N6O3/c25-17(16-11-20-24(21-16)15-4-2-1-3-5-15)22-8-6-14(7-9-22)23-12-13(10-19-23)18(26)27/h1-5,10-12,14H,6-9H2,(H,26,27). The Balaban J connectivity index is 1.40. The zero-order chi connectivity index (χ0) is 18.8. The Hall–Kier alpha value is -3.49. The summed E-state index contributed by atoms with van der Waals surface area (Å²) in [5, 5.41) is 21.6. The molecular weight excluding hydrogens is 348 g/mol. The van der Waals surface area contributed by atoms with E-state index in [-0.39, 0.29) is 17.5 Å². The third-order valence-electron chi connectivity index (χ3n) is 4.67. The summed E-state index contributed by atoms with van der Waals surface area (Å²) in [6.45, 7) is 1.12. The number of carboxylic acids is 1. The van der Waals surface area contributed by atoms with Crippen LogP contribution in [0.3, 0.4) is 0 Å². The molecule has 0 bridgehead atoms. The molecule has 1 amide bonds. The fraction of sp³-hybridized carbons (Fsp3) is 0.278. The lowest BCUT2D eigenvalue weighted by Crippen LogP contribution is -2.39. The van der Waals surface area contributed by atoms with Crippen LogP contribution in [0.4, 0.5) is 0 Å². The van der Waals surface area contributed by atoms with E-state index in [0.717, 1.165) is 5.69 Å². The van der Waals surface area contributed by atoms with Crippen LogP contribution in [0.2, 0.25) is 0 Å². The van der Waals surface area contributed by atoms with Crippen molar-refractivity contribution in [2.24, 2.45) is 0 Å². The van der Waals surface area contributed by atoms with Gasteiger partial charge in [0.15, 0.2) is 5.69 Å². The maximum absolute atomic E-state index is 12.7. The molecule has 9 nitrogen and oxygen atoms in total. The van der Waals surface area contributed by atoms with Crippen molar-refractivity contribution < 1.29 is 14.7 Å². The van der Waals surface area contributed by atoms with Crippen molar-refractivity contribution in [3.8, 4) is 5.69 Å². The SMILES string of the molecule is O=C(O)c1cnn(C2CCN(C(=O)c3cnn(-c4ccccc4)n3)CC2)c1. The van der Waals surface area contributed by atoms with Gasteiger partial charge in [0.05, 0.1) is 29.7 Å². The van der Waals surface area contributed by atoms with Gasteiger partial charge in [-0.1, -0.05) is 18.2 Å². The van der Waals surface area contributed by atoms with Gasteiger partial charge in [-0.25, -0.2) is 4.79 Å². The Morgan fingerprint density at radius 3 is 2.44 bits per heavy atom. The van der Waals surface area contributed by atoms with Crippen LogP contribution < -0.4 is 0 Å². The Morgan fingerprint density at radius 2 is 1.78 bits per heavy atom. The van der Waals surface area contributed by atoms with Crippen LogP contribution in [0.5, 0.6) is 0 Å². The van der Waals surface area contributed by atoms with Crippen LogP contribution in [0.25, 0.3) is 5.69 Å². The Bertz CT molecular complexity index is 956. The molecule has 0 saturated carbocycles. The Labute approximate surface area is 154 Å². The topological polar surface area (TPSA) is 106 Å². The highest BCUT2D eigenvalue weighted by molar-refractivity contribution is 5.92. The third kappa shape index (κ3) is 3.43. The third-order valence-corrected chi connectivity index (χ3v) is 4.67. The number of para-hydroxylation sites is 1. The normalized spacial score (nSPS) is 15.0. The molecule has 1 aliphatic rings. The largest absolute Gasteiger partial charge is 0.478 e. The zero-order valence-corrected chi connectivity index (χ0v) is 14.5. The lowest BCUT2D eigenvalue weighted by Gasteiger charge is -2.31. The number of aromatic carboxylic acids is 1. The van der Waals surface area contributed by atoms with Crippen molar-refractivity contribution in [3.05, 3.63) is 60.2 Å². The van der Waals surface area contributed by atoms with Gasteiger partial charge in [0.2, 0.25) is 0 Å². The summed E-state index contributed by atoms with van der Waals surface area (Å²) in [5.41, 5.74) is 1.28. The molecule has 0 spiro atoms. The predicted molar refractivity (Wildman–Crippen MR) is 94.7 cm³/mol. The molecule has 2 aromatic heterocycles. The van der Waals surface area contributed by atoms with Gasteiger partial charge in [0.1, 0.15) is 0 Å². The van der Waals surface area contributed by atoms with Gasteiger partial charge in [0.25, 0.3) is 5.91 Å². The van der Waals surface area contributed by atoms with Gasteiger partial charge < -0.3 is 10.0 Å². The molecule has 4 rings (SSSR count). The van der Waals surface area contributed by atoms with Gasteiger partial charge in [-0.2, -0.15) is 15.0 Å². The fourth-order valence-corrected chi connectivity index (χ4v) is 3.19. The molecule has 0 aliphatic carbocycles. The Kier molecular flexibility index (Phi) is 4.41. The van der Waals surface area contributed by atoms with Crippen LogP contribution in [0.1, 0.15) is 39.7 Å². The molecule has 3 aromatic rings. The highest BCUT2D eigenvalue weighted by Gasteiger charge is 2.27. The lowest BCUT2D eigenvalue weighted by molar-refractivity contribution is 0.0682. The quantitative estimate of drug-likeness (QED) is 0.752. The van der Waals surface area contributed by atoms with Crippen LogP contribution >= 0.6 is 0 Å². The van der Waals surface area contributed by atoms with E-state index in [1.807, 2.05) is 30.3 Å². The minimum atomic E-state index is -0.990. The molecule has 0 radical (unpaired) electrons. The first-order valence-corrected chi connectivity index (χ1v) is 8.66. The van der Waals surface area contributed by atoms with E-state index < -0.39 is 5.97 Å². The lowest BCUT2D eigenvalue weighted by atomic mass is 10.1. The summed E-state index contributed by atoms with van der Waals surface area (Å²) in [4.78, 5) is 26.9. The molecular formula is C18H18N6O3. The van der Waals surface area contributed by atoms with Crippen molar-refractivity contribution in [1.82, 2.24) is 29.7 Å². The number of aromatic nitrogens is 5. The number of carbonyl (C=O) groups excluding carboxylic acids is 1. The first kappa shape index (κ1) is 17.0. The number of carboxylic acid groups (broad SMARTS) is 1. The summed E-state index contributed by atoms with van der Waals surface area (Å²) in [7, 11) is 0. The van der Waals surface area contributed by atoms with Crippen molar-refractivity contribution in [2.45, 2.75) is 18.9 Å². The molecule has 1 aliphatic heterocycles. The predicted octanol–water partition coefficient (Wildman–Crippen LogP) is 1.64. The van der Waals surface area contributed by atoms with Gasteiger partial charge >= 0.3 is 5.97 Å². The number of piperidine rings is 1. The first-order valence-electron chi connectivity index (χ1n) is 8.66. The number of amides is 1. The minimum Gasteiger partial charge on any atom is -0.478 e. The molecule has 138 valence electrons. The number of hydrogen-bond donors (Lipinski definition) is 1. The summed E-state index contributed by atoms with van der Waals surface area (Å²) >= 11 is 0. The van der Waals surface area contributed by atoms with E-state index in [1.54, 1.807) is 9.58 Å². The van der Waals surface area contributed by atoms with Crippen LogP contribution in [-0.2, 0) is 0 Å². The van der Waals surface area contributed by atoms with E-state index in [9.17, 15) is 9.59 Å². The molecule has 9 heteroatoms. The number of rotatable bonds is 4. The maximum atomic E-state index is 12.7. The second-order valence-electron chi connectivity index (χ2n) is 6.39. The van der Waals surface area contributed by atoms with E-state index in [4.69, 9.17) is 5.11 Å². The fourth-order valence-electron chi connectivity index (χ4n) is 3.19. The van der Waals surface area contributed by atoms with Gasteiger partial charge in [-0.05, 0) is 25.0 Å². The second kappa shape index (κ2) is 7.02. The van der Waals surface area contributed by atoms with Gasteiger partial charge in [-0.3, -0.25) is 9.48 Å². The highest BCUT2D eigenvalue weighted by atomic mass is 16.4. The molecule has 1 saturated heterocycles. The highest BCUT2D eigenvalue weighted by Crippen LogP contribution is 2.23. The average molecular weight is 366 g/mol. The number of nitrogens with zero attached hydrogens (tertiary/aromatic N) is 6. The van der Waals surface area contributed by atoms with E-state index >= 15 is 0 Å². The van der Waals surface area contributed by atoms with Gasteiger partial charge in [0, 0.05) is 19.3 Å². The van der Waals surface area contributed by atoms with E-state index in [0.29, 0.717) is 31.6 Å². The van der Waals surface area contributed by atoms with Gasteiger partial charge in [-0.15, -0.1) is 5.10 Å². The summed E-state index contributed by atoms with van der Waals surface area (Å²) < 4.78 is 1.68. The summed E-state index contributed by atoms with van der Waals surface area (Å²) in [5.74, 6) is -1.14. The van der Waals surface area contributed by atoms with Crippen LogP contribution in [-0.4, -0.2) is 59.7 Å². The van der Waals surface area contributed by atoms with Crippen molar-refractivity contribution >= 4 is 11.9 Å². The van der Waals surface area contributed by atoms with E-state index in [2.05, 4.69) is 15.3 Å². The number of likely N-dealkylation sites (tertiary alicyclic amines) is 1. The average Bonchev–Trinajstić information content (AvgIpc) is 3.38. The maximum Gasteiger partial charge on any atom is 0.338 e. The molecule has 0 unspecified atom stereocenters. The van der Waals surface area contributed by atoms with Crippen molar-refractivity contribution in [2.75, 3.05) is 13.1 Å². The molecule has 1 fully saturated rings. The van der Waals surface area contributed by atoms with Crippen molar-refractivity contribution in [1.29, 1.82) is 0 Å². The summed E-state index contributed by atoms with van der Waals surface area (Å²) in [6.07, 6.45) is 5.78. The van der Waals surface area contributed by atoms with Crippen LogP contribution in [0.15, 0.2) is 48.9 Å². The smallest absolute Gasteiger partial charge is 0.338 e. The van der Waals surface area contributed by atoms with E-state index in [1.165, 1.54) is 23.4 Å². The monoisotopic (exact) mass is 366 g/mol. The zero-order valence-electron chi connectivity index (χ0n) is 14.5. The molecule has 3 heterocycles. The molecule has 1 aromatic carbocycles. The Morgan fingerprint density at radius 1 is 1.04 bits per heavy atom. The van der Waals surface area contributed by atoms with Crippen molar-refractivity contribution in [3.63, 3.8) is 0 Å². The molecule has 1 N–H and O–H groups in total. The summed E-state index contributed by atoms with van der Waals surface area (Å²) in [6, 6.07) is 9.50. The minimum absolute atomic E-state index is 0.0853. The number of hydrogen-bond acceptors (Lipinski definition) is 5. The number of benzene rings is 1. The number of carbonyl (C=O) groups is 2. The second-order valence-corrected chi connectivity index (χ2v) is 6.39. The van der Waals surface area contributed by atoms with Crippen LogP contribution in [0, 0.1) is 0 Å². The molecule has 27 heavy (non-hydrogen) atoms. The first-order chi connectivity index (χ1) is 13.1.